The molecule has 0 nitrogen and oxygen atoms in total. The highest BCUT2D eigenvalue weighted by atomic mass is 19.4. The minimum Gasteiger partial charge on any atom is -0.207 e. The van der Waals surface area contributed by atoms with E-state index in [4.69, 9.17) is 0 Å². The van der Waals surface area contributed by atoms with Crippen LogP contribution in [0.3, 0.4) is 0 Å². The fourth-order valence-electron chi connectivity index (χ4n) is 2.11. The van der Waals surface area contributed by atoms with Crippen molar-refractivity contribution in [2.45, 2.75) is 58.5 Å². The standard InChI is InChI=1S/C11H13F3.C10H13F/c1-10(2,3)8-4-6-9(7-5-8)11(12,13)14;1-10(2,3)8-5-4-6-9(11)7-8/h4-7H,1-3H3;4-7H,1-3H3. The number of halogens is 4. The summed E-state index contributed by atoms with van der Waals surface area (Å²) >= 11 is 0. The molecular weight excluding hydrogens is 328 g/mol. The van der Waals surface area contributed by atoms with Gasteiger partial charge in [0.05, 0.1) is 5.56 Å². The maximum Gasteiger partial charge on any atom is 0.416 e. The van der Waals surface area contributed by atoms with Crippen molar-refractivity contribution in [1.82, 2.24) is 0 Å². The lowest BCUT2D eigenvalue weighted by Crippen LogP contribution is -2.12. The van der Waals surface area contributed by atoms with Crippen LogP contribution >= 0.6 is 0 Å². The number of alkyl halides is 3. The molecule has 0 bridgehead atoms. The summed E-state index contributed by atoms with van der Waals surface area (Å²) in [5.74, 6) is -0.155. The molecule has 0 fully saturated rings. The lowest BCUT2D eigenvalue weighted by atomic mass is 9.87. The van der Waals surface area contributed by atoms with Crippen LogP contribution in [0.15, 0.2) is 48.5 Å². The SMILES string of the molecule is CC(C)(C)c1ccc(C(F)(F)F)cc1.CC(C)(C)c1cccc(F)c1. The Morgan fingerprint density at radius 2 is 1.04 bits per heavy atom. The smallest absolute Gasteiger partial charge is 0.207 e. The van der Waals surface area contributed by atoms with Crippen LogP contribution in [0, 0.1) is 5.82 Å². The highest BCUT2D eigenvalue weighted by molar-refractivity contribution is 5.28. The average molecular weight is 354 g/mol. The van der Waals surface area contributed by atoms with Crippen molar-refractivity contribution in [3.8, 4) is 0 Å². The Bertz CT molecular complexity index is 636. The van der Waals surface area contributed by atoms with Gasteiger partial charge in [-0.2, -0.15) is 13.2 Å². The molecule has 0 N–H and O–H groups in total. The molecule has 0 saturated carbocycles. The molecule has 0 aromatic heterocycles. The third-order valence-corrected chi connectivity index (χ3v) is 3.77. The third-order valence-electron chi connectivity index (χ3n) is 3.77. The molecule has 25 heavy (non-hydrogen) atoms. The van der Waals surface area contributed by atoms with Gasteiger partial charge in [0.2, 0.25) is 0 Å². The van der Waals surface area contributed by atoms with Crippen LogP contribution in [0.25, 0.3) is 0 Å². The number of rotatable bonds is 0. The first-order valence-corrected chi connectivity index (χ1v) is 8.15. The normalized spacial score (nSPS) is 12.4. The zero-order chi connectivity index (χ0) is 19.5. The van der Waals surface area contributed by atoms with Gasteiger partial charge in [-0.05, 0) is 46.2 Å². The molecule has 0 spiro atoms. The minimum atomic E-state index is -4.24. The quantitative estimate of drug-likeness (QED) is 0.442. The Labute approximate surface area is 147 Å². The van der Waals surface area contributed by atoms with Gasteiger partial charge < -0.3 is 0 Å². The Morgan fingerprint density at radius 3 is 1.36 bits per heavy atom. The predicted molar refractivity (Wildman–Crippen MR) is 95.2 cm³/mol. The van der Waals surface area contributed by atoms with E-state index in [1.165, 1.54) is 18.2 Å². The second kappa shape index (κ2) is 7.59. The maximum absolute atomic E-state index is 12.7. The molecule has 2 rings (SSSR count). The van der Waals surface area contributed by atoms with Crippen LogP contribution in [-0.4, -0.2) is 0 Å². The van der Waals surface area contributed by atoms with Gasteiger partial charge in [0.25, 0.3) is 0 Å². The molecule has 138 valence electrons. The van der Waals surface area contributed by atoms with Crippen molar-refractivity contribution in [3.63, 3.8) is 0 Å². The van der Waals surface area contributed by atoms with E-state index in [-0.39, 0.29) is 16.6 Å². The molecule has 2 aromatic carbocycles. The largest absolute Gasteiger partial charge is 0.416 e. The zero-order valence-electron chi connectivity index (χ0n) is 15.6. The Hall–Kier alpha value is -1.84. The van der Waals surface area contributed by atoms with Crippen LogP contribution in [0.5, 0.6) is 0 Å². The van der Waals surface area contributed by atoms with Crippen LogP contribution in [0.4, 0.5) is 17.6 Å². The van der Waals surface area contributed by atoms with E-state index in [0.29, 0.717) is 0 Å². The van der Waals surface area contributed by atoms with E-state index in [2.05, 4.69) is 20.8 Å². The van der Waals surface area contributed by atoms with E-state index in [0.717, 1.165) is 23.3 Å². The van der Waals surface area contributed by atoms with E-state index in [1.807, 2.05) is 26.8 Å². The van der Waals surface area contributed by atoms with E-state index >= 15 is 0 Å². The summed E-state index contributed by atoms with van der Waals surface area (Å²) in [6.07, 6.45) is -4.24. The van der Waals surface area contributed by atoms with Crippen LogP contribution in [-0.2, 0) is 17.0 Å². The van der Waals surface area contributed by atoms with E-state index < -0.39 is 11.7 Å². The lowest BCUT2D eigenvalue weighted by Gasteiger charge is -2.19. The Kier molecular flexibility index (Phi) is 6.44. The first kappa shape index (κ1) is 21.2. The fourth-order valence-corrected chi connectivity index (χ4v) is 2.11. The molecule has 0 heterocycles. The maximum atomic E-state index is 12.7. The van der Waals surface area contributed by atoms with Crippen LogP contribution in [0.2, 0.25) is 0 Å². The van der Waals surface area contributed by atoms with Gasteiger partial charge in [-0.1, -0.05) is 65.8 Å². The molecule has 0 radical (unpaired) electrons. The Balaban J connectivity index is 0.000000257. The first-order chi connectivity index (χ1) is 11.2. The van der Waals surface area contributed by atoms with E-state index in [1.54, 1.807) is 12.1 Å². The molecule has 4 heteroatoms. The van der Waals surface area contributed by atoms with Gasteiger partial charge in [0.15, 0.2) is 0 Å². The summed E-state index contributed by atoms with van der Waals surface area (Å²) in [5, 5.41) is 0. The lowest BCUT2D eigenvalue weighted by molar-refractivity contribution is -0.137. The molecule has 0 atom stereocenters. The first-order valence-electron chi connectivity index (χ1n) is 8.15. The highest BCUT2D eigenvalue weighted by Gasteiger charge is 2.30. The summed E-state index contributed by atoms with van der Waals surface area (Å²) in [6.45, 7) is 12.1. The summed E-state index contributed by atoms with van der Waals surface area (Å²) in [4.78, 5) is 0. The highest BCUT2D eigenvalue weighted by Crippen LogP contribution is 2.31. The molecule has 0 amide bonds. The second-order valence-corrected chi connectivity index (χ2v) is 8.09. The second-order valence-electron chi connectivity index (χ2n) is 8.09. The van der Waals surface area contributed by atoms with Crippen LogP contribution < -0.4 is 0 Å². The molecular formula is C21H26F4. The monoisotopic (exact) mass is 354 g/mol. The molecule has 0 unspecified atom stereocenters. The topological polar surface area (TPSA) is 0 Å². The van der Waals surface area contributed by atoms with Gasteiger partial charge in [0, 0.05) is 0 Å². The van der Waals surface area contributed by atoms with Crippen molar-refractivity contribution in [1.29, 1.82) is 0 Å². The van der Waals surface area contributed by atoms with Gasteiger partial charge in [0.1, 0.15) is 5.82 Å². The van der Waals surface area contributed by atoms with Gasteiger partial charge in [-0.3, -0.25) is 0 Å². The molecule has 0 aliphatic carbocycles. The molecule has 2 aromatic rings. The van der Waals surface area contributed by atoms with Crippen molar-refractivity contribution >= 4 is 0 Å². The summed E-state index contributed by atoms with van der Waals surface area (Å²) < 4.78 is 49.3. The number of hydrogen-bond acceptors (Lipinski definition) is 0. The van der Waals surface area contributed by atoms with Crippen molar-refractivity contribution in [3.05, 3.63) is 71.0 Å². The van der Waals surface area contributed by atoms with E-state index in [9.17, 15) is 17.6 Å². The molecule has 0 aliphatic heterocycles. The van der Waals surface area contributed by atoms with Gasteiger partial charge in [-0.15, -0.1) is 0 Å². The zero-order valence-corrected chi connectivity index (χ0v) is 15.6. The predicted octanol–water partition coefficient (Wildman–Crippen LogP) is 7.13. The summed E-state index contributed by atoms with van der Waals surface area (Å²) in [5.41, 5.74) is 1.29. The van der Waals surface area contributed by atoms with Crippen LogP contribution in [0.1, 0.15) is 58.2 Å². The number of benzene rings is 2. The fraction of sp³-hybridized carbons (Fsp3) is 0.429. The van der Waals surface area contributed by atoms with Crippen molar-refractivity contribution in [2.75, 3.05) is 0 Å². The summed E-state index contributed by atoms with van der Waals surface area (Å²) in [7, 11) is 0. The van der Waals surface area contributed by atoms with Gasteiger partial charge in [-0.25, -0.2) is 4.39 Å². The molecule has 0 saturated heterocycles. The van der Waals surface area contributed by atoms with Gasteiger partial charge >= 0.3 is 6.18 Å². The van der Waals surface area contributed by atoms with Crippen molar-refractivity contribution < 1.29 is 17.6 Å². The Morgan fingerprint density at radius 1 is 0.600 bits per heavy atom. The molecule has 0 aliphatic rings. The van der Waals surface area contributed by atoms with Crippen molar-refractivity contribution in [2.24, 2.45) is 0 Å². The summed E-state index contributed by atoms with van der Waals surface area (Å²) in [6, 6.07) is 12.1. The number of hydrogen-bond donors (Lipinski definition) is 0. The minimum absolute atomic E-state index is 0.0437. The average Bonchev–Trinajstić information content (AvgIpc) is 2.45. The third kappa shape index (κ3) is 6.89.